The van der Waals surface area contributed by atoms with Crippen LogP contribution in [0.2, 0.25) is 0 Å². The molecule has 2 aromatic carbocycles. The van der Waals surface area contributed by atoms with Gasteiger partial charge in [-0.05, 0) is 43.5 Å². The first-order chi connectivity index (χ1) is 11.5. The maximum atomic E-state index is 13.7. The van der Waals surface area contributed by atoms with Crippen LogP contribution in [0.15, 0.2) is 48.5 Å². The Balaban J connectivity index is 1.62. The molecule has 1 N–H and O–H groups in total. The van der Waals surface area contributed by atoms with Gasteiger partial charge in [0, 0.05) is 12.6 Å². The van der Waals surface area contributed by atoms with Crippen molar-refractivity contribution >= 4 is 11.6 Å². The van der Waals surface area contributed by atoms with Crippen LogP contribution in [0.25, 0.3) is 0 Å². The molecule has 2 atom stereocenters. The number of nitrogens with one attached hydrogen (secondary N) is 1. The summed E-state index contributed by atoms with van der Waals surface area (Å²) in [5.74, 6) is -1.30. The van der Waals surface area contributed by atoms with E-state index < -0.39 is 11.6 Å². The highest BCUT2D eigenvalue weighted by Gasteiger charge is 2.30. The van der Waals surface area contributed by atoms with Crippen molar-refractivity contribution < 1.29 is 13.6 Å². The van der Waals surface area contributed by atoms with E-state index in [1.54, 1.807) is 0 Å². The third kappa shape index (κ3) is 3.62. The van der Waals surface area contributed by atoms with Gasteiger partial charge in [-0.15, -0.1) is 0 Å². The van der Waals surface area contributed by atoms with Crippen LogP contribution in [0, 0.1) is 11.6 Å². The molecule has 1 aliphatic rings. The Labute approximate surface area is 140 Å². The predicted molar refractivity (Wildman–Crippen MR) is 89.8 cm³/mol. The van der Waals surface area contributed by atoms with Gasteiger partial charge in [0.2, 0.25) is 5.91 Å². The molecule has 0 aromatic heterocycles. The minimum Gasteiger partial charge on any atom is -0.322 e. The van der Waals surface area contributed by atoms with E-state index in [1.165, 1.54) is 11.6 Å². The average molecular weight is 330 g/mol. The van der Waals surface area contributed by atoms with Crippen LogP contribution in [0.4, 0.5) is 14.5 Å². The van der Waals surface area contributed by atoms with Gasteiger partial charge in [-0.2, -0.15) is 0 Å². The number of benzene rings is 2. The summed E-state index contributed by atoms with van der Waals surface area (Å²) in [4.78, 5) is 14.5. The van der Waals surface area contributed by atoms with Crippen LogP contribution in [-0.4, -0.2) is 29.9 Å². The molecule has 3 rings (SSSR count). The van der Waals surface area contributed by atoms with Crippen LogP contribution in [-0.2, 0) is 4.79 Å². The van der Waals surface area contributed by atoms with Crippen molar-refractivity contribution in [3.8, 4) is 0 Å². The van der Waals surface area contributed by atoms with Gasteiger partial charge in [-0.25, -0.2) is 8.78 Å². The molecule has 0 bridgehead atoms. The molecule has 0 saturated carbocycles. The highest BCUT2D eigenvalue weighted by molar-refractivity contribution is 5.94. The largest absolute Gasteiger partial charge is 0.322 e. The molecular formula is C19H20F2N2O. The van der Waals surface area contributed by atoms with Crippen molar-refractivity contribution in [2.75, 3.05) is 18.4 Å². The lowest BCUT2D eigenvalue weighted by Gasteiger charge is -2.23. The molecule has 0 aliphatic carbocycles. The summed E-state index contributed by atoms with van der Waals surface area (Å²) in [6.07, 6.45) is 0.993. The first-order valence-corrected chi connectivity index (χ1v) is 8.09. The van der Waals surface area contributed by atoms with E-state index >= 15 is 0 Å². The van der Waals surface area contributed by atoms with Crippen molar-refractivity contribution in [1.82, 2.24) is 4.90 Å². The quantitative estimate of drug-likeness (QED) is 0.925. The Bertz CT molecular complexity index is 721. The molecule has 1 amide bonds. The Hall–Kier alpha value is -2.27. The zero-order valence-corrected chi connectivity index (χ0v) is 13.5. The maximum Gasteiger partial charge on any atom is 0.241 e. The molecular weight excluding hydrogens is 310 g/mol. The maximum absolute atomic E-state index is 13.7. The van der Waals surface area contributed by atoms with E-state index in [2.05, 4.69) is 22.3 Å². The van der Waals surface area contributed by atoms with Crippen LogP contribution in [0.1, 0.15) is 24.8 Å². The van der Waals surface area contributed by atoms with E-state index in [4.69, 9.17) is 0 Å². The number of nitrogens with zero attached hydrogens (tertiary/aromatic N) is 1. The average Bonchev–Trinajstić information content (AvgIpc) is 3.07. The number of rotatable bonds is 4. The minimum absolute atomic E-state index is 0.00653. The fourth-order valence-corrected chi connectivity index (χ4v) is 3.13. The van der Waals surface area contributed by atoms with Crippen LogP contribution >= 0.6 is 0 Å². The number of carbonyl (C=O) groups is 1. The number of hydrogen-bond donors (Lipinski definition) is 1. The summed E-state index contributed by atoms with van der Waals surface area (Å²) in [6, 6.07) is 13.0. The number of halogens is 2. The van der Waals surface area contributed by atoms with E-state index in [0.29, 0.717) is 5.92 Å². The summed E-state index contributed by atoms with van der Waals surface area (Å²) in [6.45, 7) is 3.43. The highest BCUT2D eigenvalue weighted by Crippen LogP contribution is 2.28. The van der Waals surface area contributed by atoms with E-state index in [0.717, 1.165) is 31.6 Å². The minimum atomic E-state index is -0.765. The van der Waals surface area contributed by atoms with Crippen LogP contribution < -0.4 is 5.32 Å². The molecule has 0 radical (unpaired) electrons. The van der Waals surface area contributed by atoms with Crippen molar-refractivity contribution in [3.63, 3.8) is 0 Å². The Kier molecular flexibility index (Phi) is 4.90. The first kappa shape index (κ1) is 16.6. The molecule has 126 valence electrons. The molecule has 5 heteroatoms. The van der Waals surface area contributed by atoms with Gasteiger partial charge in [-0.1, -0.05) is 30.3 Å². The van der Waals surface area contributed by atoms with Gasteiger partial charge in [0.1, 0.15) is 11.6 Å². The molecule has 0 unspecified atom stereocenters. The van der Waals surface area contributed by atoms with Crippen molar-refractivity contribution in [1.29, 1.82) is 0 Å². The fraction of sp³-hybridized carbons (Fsp3) is 0.316. The molecule has 2 aromatic rings. The zero-order valence-electron chi connectivity index (χ0n) is 13.5. The SMILES string of the molecule is C[C@@H](C(=O)Nc1ccc(F)cc1F)N1CC[C@H](c2ccccc2)C1. The first-order valence-electron chi connectivity index (χ1n) is 8.09. The summed E-state index contributed by atoms with van der Waals surface area (Å²) in [5, 5.41) is 2.55. The van der Waals surface area contributed by atoms with Gasteiger partial charge in [-0.3, -0.25) is 9.69 Å². The molecule has 3 nitrogen and oxygen atoms in total. The Morgan fingerprint density at radius 2 is 1.96 bits per heavy atom. The second-order valence-corrected chi connectivity index (χ2v) is 6.18. The summed E-state index contributed by atoms with van der Waals surface area (Å²) >= 11 is 0. The molecule has 24 heavy (non-hydrogen) atoms. The summed E-state index contributed by atoms with van der Waals surface area (Å²) in [7, 11) is 0. The van der Waals surface area contributed by atoms with Gasteiger partial charge < -0.3 is 5.32 Å². The number of carbonyl (C=O) groups excluding carboxylic acids is 1. The molecule has 1 saturated heterocycles. The normalized spacial score (nSPS) is 19.2. The Morgan fingerprint density at radius 1 is 1.21 bits per heavy atom. The lowest BCUT2D eigenvalue weighted by Crippen LogP contribution is -2.40. The molecule has 0 spiro atoms. The number of amides is 1. The van der Waals surface area contributed by atoms with E-state index in [-0.39, 0.29) is 17.6 Å². The lowest BCUT2D eigenvalue weighted by molar-refractivity contribution is -0.120. The summed E-state index contributed by atoms with van der Waals surface area (Å²) < 4.78 is 26.6. The second-order valence-electron chi connectivity index (χ2n) is 6.18. The predicted octanol–water partition coefficient (Wildman–Crippen LogP) is 3.78. The highest BCUT2D eigenvalue weighted by atomic mass is 19.1. The van der Waals surface area contributed by atoms with Crippen molar-refractivity contribution in [3.05, 3.63) is 65.7 Å². The third-order valence-electron chi connectivity index (χ3n) is 4.61. The van der Waals surface area contributed by atoms with Crippen LogP contribution in [0.5, 0.6) is 0 Å². The third-order valence-corrected chi connectivity index (χ3v) is 4.61. The second kappa shape index (κ2) is 7.09. The van der Waals surface area contributed by atoms with Gasteiger partial charge >= 0.3 is 0 Å². The lowest BCUT2D eigenvalue weighted by atomic mass is 9.99. The van der Waals surface area contributed by atoms with Crippen molar-refractivity contribution in [2.45, 2.75) is 25.3 Å². The monoisotopic (exact) mass is 330 g/mol. The smallest absolute Gasteiger partial charge is 0.241 e. The standard InChI is InChI=1S/C19H20F2N2O/c1-13(19(24)22-18-8-7-16(20)11-17(18)21)23-10-9-15(12-23)14-5-3-2-4-6-14/h2-8,11,13,15H,9-10,12H2,1H3,(H,22,24)/t13-,15-/m0/s1. The molecule has 1 aliphatic heterocycles. The van der Waals surface area contributed by atoms with Crippen LogP contribution in [0.3, 0.4) is 0 Å². The summed E-state index contributed by atoms with van der Waals surface area (Å²) in [5.41, 5.74) is 1.28. The topological polar surface area (TPSA) is 32.3 Å². The molecule has 1 heterocycles. The fourth-order valence-electron chi connectivity index (χ4n) is 3.13. The zero-order chi connectivity index (χ0) is 17.1. The van der Waals surface area contributed by atoms with Gasteiger partial charge in [0.15, 0.2) is 0 Å². The number of hydrogen-bond acceptors (Lipinski definition) is 2. The molecule has 1 fully saturated rings. The Morgan fingerprint density at radius 3 is 2.67 bits per heavy atom. The van der Waals surface area contributed by atoms with Crippen molar-refractivity contribution in [2.24, 2.45) is 0 Å². The van der Waals surface area contributed by atoms with E-state index in [1.807, 2.05) is 25.1 Å². The van der Waals surface area contributed by atoms with E-state index in [9.17, 15) is 13.6 Å². The number of likely N-dealkylation sites (tertiary alicyclic amines) is 1. The van der Waals surface area contributed by atoms with Gasteiger partial charge in [0.25, 0.3) is 0 Å². The number of anilines is 1. The van der Waals surface area contributed by atoms with Gasteiger partial charge in [0.05, 0.1) is 11.7 Å².